The smallest absolute Gasteiger partial charge is 0.242 e. The maximum Gasteiger partial charge on any atom is 0.242 e. The lowest BCUT2D eigenvalue weighted by Crippen LogP contribution is -2.38. The number of nitrogens with two attached hydrogens (primary N) is 2. The van der Waals surface area contributed by atoms with Gasteiger partial charge in [-0.05, 0) is 12.1 Å². The molecule has 0 radical (unpaired) electrons. The van der Waals surface area contributed by atoms with Crippen LogP contribution in [0.15, 0.2) is 30.3 Å². The van der Waals surface area contributed by atoms with Crippen LogP contribution < -0.4 is 16.6 Å². The first-order valence-corrected chi connectivity index (χ1v) is 4.08. The molecule has 4 N–H and O–H groups in total. The van der Waals surface area contributed by atoms with Crippen LogP contribution in [0.25, 0.3) is 0 Å². The normalized spacial score (nSPS) is 9.69. The number of rotatable bonds is 3. The van der Waals surface area contributed by atoms with E-state index in [2.05, 4.69) is 0 Å². The molecule has 0 spiro atoms. The molecule has 0 fully saturated rings. The Labute approximate surface area is 77.1 Å². The van der Waals surface area contributed by atoms with Crippen LogP contribution >= 0.6 is 0 Å². The van der Waals surface area contributed by atoms with E-state index >= 15 is 0 Å². The molecule has 1 aromatic rings. The molecule has 1 rings (SSSR count). The van der Waals surface area contributed by atoms with E-state index in [-0.39, 0.29) is 12.3 Å². The highest BCUT2D eigenvalue weighted by atomic mass is 16.2. The van der Waals surface area contributed by atoms with E-state index in [0.29, 0.717) is 12.2 Å². The largest absolute Gasteiger partial charge is 0.330 e. The van der Waals surface area contributed by atoms with E-state index in [1.807, 2.05) is 18.2 Å². The summed E-state index contributed by atoms with van der Waals surface area (Å²) in [6, 6.07) is 9.06. The zero-order valence-corrected chi connectivity index (χ0v) is 7.31. The highest BCUT2D eigenvalue weighted by Crippen LogP contribution is 2.09. The van der Waals surface area contributed by atoms with Crippen LogP contribution in [0.5, 0.6) is 0 Å². The zero-order valence-electron chi connectivity index (χ0n) is 7.31. The topological polar surface area (TPSA) is 72.4 Å². The van der Waals surface area contributed by atoms with Gasteiger partial charge in [0.2, 0.25) is 5.91 Å². The Kier molecular flexibility index (Phi) is 3.42. The number of carbonyl (C=O) groups is 1. The quantitative estimate of drug-likeness (QED) is 0.396. The molecule has 0 atom stereocenters. The number of para-hydroxylation sites is 1. The van der Waals surface area contributed by atoms with E-state index in [9.17, 15) is 4.79 Å². The third kappa shape index (κ3) is 2.54. The molecule has 4 heteroatoms. The van der Waals surface area contributed by atoms with Crippen molar-refractivity contribution in [3.8, 4) is 0 Å². The standard InChI is InChI=1S/C9H13N3O/c10-7-6-9(13)12(11)8-4-2-1-3-5-8/h1-5H,6-7,10-11H2. The Morgan fingerprint density at radius 3 is 2.46 bits per heavy atom. The second-order valence-corrected chi connectivity index (χ2v) is 2.64. The maximum absolute atomic E-state index is 11.3. The second-order valence-electron chi connectivity index (χ2n) is 2.64. The zero-order chi connectivity index (χ0) is 9.68. The van der Waals surface area contributed by atoms with E-state index in [4.69, 9.17) is 11.6 Å². The van der Waals surface area contributed by atoms with Gasteiger partial charge in [0.05, 0.1) is 5.69 Å². The molecule has 70 valence electrons. The van der Waals surface area contributed by atoms with Crippen LogP contribution in [0.1, 0.15) is 6.42 Å². The van der Waals surface area contributed by atoms with Crippen molar-refractivity contribution < 1.29 is 4.79 Å². The van der Waals surface area contributed by atoms with Gasteiger partial charge in [0.15, 0.2) is 0 Å². The molecule has 0 aliphatic rings. The number of benzene rings is 1. The van der Waals surface area contributed by atoms with E-state index in [1.165, 1.54) is 0 Å². The highest BCUT2D eigenvalue weighted by molar-refractivity contribution is 5.92. The van der Waals surface area contributed by atoms with Crippen LogP contribution in [0, 0.1) is 0 Å². The molecular formula is C9H13N3O. The third-order valence-electron chi connectivity index (χ3n) is 1.66. The average molecular weight is 179 g/mol. The van der Waals surface area contributed by atoms with Crippen molar-refractivity contribution in [1.82, 2.24) is 0 Å². The minimum atomic E-state index is -0.172. The molecule has 4 nitrogen and oxygen atoms in total. The van der Waals surface area contributed by atoms with Gasteiger partial charge in [-0.15, -0.1) is 0 Å². The third-order valence-corrected chi connectivity index (χ3v) is 1.66. The van der Waals surface area contributed by atoms with Crippen molar-refractivity contribution in [3.63, 3.8) is 0 Å². The number of nitrogens with zero attached hydrogens (tertiary/aromatic N) is 1. The fraction of sp³-hybridized carbons (Fsp3) is 0.222. The van der Waals surface area contributed by atoms with Gasteiger partial charge in [-0.3, -0.25) is 4.79 Å². The molecule has 1 amide bonds. The lowest BCUT2D eigenvalue weighted by atomic mass is 10.3. The minimum absolute atomic E-state index is 0.172. The SMILES string of the molecule is NCCC(=O)N(N)c1ccccc1. The summed E-state index contributed by atoms with van der Waals surface area (Å²) in [6.07, 6.45) is 0.269. The second kappa shape index (κ2) is 4.59. The lowest BCUT2D eigenvalue weighted by Gasteiger charge is -2.15. The van der Waals surface area contributed by atoms with Crippen LogP contribution in [-0.4, -0.2) is 12.5 Å². The van der Waals surface area contributed by atoms with Gasteiger partial charge in [0, 0.05) is 13.0 Å². The molecule has 0 bridgehead atoms. The summed E-state index contributed by atoms with van der Waals surface area (Å²) >= 11 is 0. The summed E-state index contributed by atoms with van der Waals surface area (Å²) < 4.78 is 0. The average Bonchev–Trinajstić information content (AvgIpc) is 2.18. The predicted molar refractivity (Wildman–Crippen MR) is 51.8 cm³/mol. The maximum atomic E-state index is 11.3. The van der Waals surface area contributed by atoms with E-state index in [1.54, 1.807) is 12.1 Å². The van der Waals surface area contributed by atoms with Crippen molar-refractivity contribution in [2.45, 2.75) is 6.42 Å². The first-order chi connectivity index (χ1) is 6.25. The van der Waals surface area contributed by atoms with Crippen molar-refractivity contribution in [2.24, 2.45) is 11.6 Å². The number of anilines is 1. The van der Waals surface area contributed by atoms with Gasteiger partial charge in [0.25, 0.3) is 0 Å². The van der Waals surface area contributed by atoms with Crippen molar-refractivity contribution >= 4 is 11.6 Å². The van der Waals surface area contributed by atoms with Gasteiger partial charge >= 0.3 is 0 Å². The highest BCUT2D eigenvalue weighted by Gasteiger charge is 2.08. The van der Waals surface area contributed by atoms with Gasteiger partial charge in [0.1, 0.15) is 0 Å². The van der Waals surface area contributed by atoms with Crippen LogP contribution in [0.3, 0.4) is 0 Å². The van der Waals surface area contributed by atoms with Crippen molar-refractivity contribution in [3.05, 3.63) is 30.3 Å². The Morgan fingerprint density at radius 1 is 1.31 bits per heavy atom. The molecule has 0 aliphatic heterocycles. The Morgan fingerprint density at radius 2 is 1.92 bits per heavy atom. The van der Waals surface area contributed by atoms with E-state index in [0.717, 1.165) is 5.01 Å². The molecule has 0 saturated heterocycles. The minimum Gasteiger partial charge on any atom is -0.330 e. The molecule has 0 heterocycles. The summed E-state index contributed by atoms with van der Waals surface area (Å²) in [6.45, 7) is 0.319. The predicted octanol–water partition coefficient (Wildman–Crippen LogP) is 0.242. The first-order valence-electron chi connectivity index (χ1n) is 4.08. The first kappa shape index (κ1) is 9.70. The number of hydrazine groups is 1. The number of amides is 1. The molecule has 0 aromatic heterocycles. The molecule has 1 aromatic carbocycles. The number of hydrogen-bond acceptors (Lipinski definition) is 3. The monoisotopic (exact) mass is 179 g/mol. The fourth-order valence-electron chi connectivity index (χ4n) is 0.977. The van der Waals surface area contributed by atoms with Crippen LogP contribution in [0.2, 0.25) is 0 Å². The summed E-state index contributed by atoms with van der Waals surface area (Å²) in [5.41, 5.74) is 5.92. The Hall–Kier alpha value is -1.39. The van der Waals surface area contributed by atoms with Crippen LogP contribution in [0.4, 0.5) is 5.69 Å². The molecular weight excluding hydrogens is 166 g/mol. The molecule has 0 saturated carbocycles. The number of carbonyl (C=O) groups excluding carboxylic acids is 1. The Balaban J connectivity index is 2.68. The van der Waals surface area contributed by atoms with Gasteiger partial charge in [-0.2, -0.15) is 0 Å². The molecule has 13 heavy (non-hydrogen) atoms. The van der Waals surface area contributed by atoms with Gasteiger partial charge < -0.3 is 5.73 Å². The van der Waals surface area contributed by atoms with Gasteiger partial charge in [-0.25, -0.2) is 10.9 Å². The van der Waals surface area contributed by atoms with Crippen molar-refractivity contribution in [2.75, 3.05) is 11.6 Å². The van der Waals surface area contributed by atoms with Crippen molar-refractivity contribution in [1.29, 1.82) is 0 Å². The fourth-order valence-corrected chi connectivity index (χ4v) is 0.977. The summed E-state index contributed by atoms with van der Waals surface area (Å²) in [5.74, 6) is 5.38. The van der Waals surface area contributed by atoms with Crippen LogP contribution in [-0.2, 0) is 4.79 Å². The van der Waals surface area contributed by atoms with E-state index < -0.39 is 0 Å². The number of hydrogen-bond donors (Lipinski definition) is 2. The molecule has 0 aliphatic carbocycles. The molecule has 0 unspecified atom stereocenters. The Bertz CT molecular complexity index is 273. The lowest BCUT2D eigenvalue weighted by molar-refractivity contribution is -0.118. The van der Waals surface area contributed by atoms with Gasteiger partial charge in [-0.1, -0.05) is 18.2 Å². The summed E-state index contributed by atoms with van der Waals surface area (Å²) in [5, 5.41) is 1.12. The summed E-state index contributed by atoms with van der Waals surface area (Å²) in [4.78, 5) is 11.3. The summed E-state index contributed by atoms with van der Waals surface area (Å²) in [7, 11) is 0.